The topological polar surface area (TPSA) is 28.5 Å². The van der Waals surface area contributed by atoms with Gasteiger partial charge < -0.3 is 14.4 Å². The Morgan fingerprint density at radius 2 is 1.83 bits per heavy atom. The summed E-state index contributed by atoms with van der Waals surface area (Å²) < 4.78 is 2.07. The van der Waals surface area contributed by atoms with Crippen molar-refractivity contribution >= 4 is 5.91 Å². The predicted octanol–water partition coefficient (Wildman–Crippen LogP) is 3.41. The summed E-state index contributed by atoms with van der Waals surface area (Å²) in [6.07, 6.45) is 10.6. The summed E-state index contributed by atoms with van der Waals surface area (Å²) in [6.45, 7) is 7.71. The number of amides is 1. The zero-order valence-corrected chi connectivity index (χ0v) is 15.5. The summed E-state index contributed by atoms with van der Waals surface area (Å²) >= 11 is 0. The van der Waals surface area contributed by atoms with Gasteiger partial charge in [-0.3, -0.25) is 4.79 Å². The second-order valence-corrected chi connectivity index (χ2v) is 8.04. The van der Waals surface area contributed by atoms with Crippen molar-refractivity contribution in [2.24, 2.45) is 11.8 Å². The third-order valence-corrected chi connectivity index (χ3v) is 5.95. The average Bonchev–Trinajstić information content (AvgIpc) is 3.09. The van der Waals surface area contributed by atoms with E-state index in [9.17, 15) is 4.79 Å². The summed E-state index contributed by atoms with van der Waals surface area (Å²) in [4.78, 5) is 17.8. The van der Waals surface area contributed by atoms with E-state index in [0.29, 0.717) is 17.9 Å². The molecule has 4 nitrogen and oxygen atoms in total. The highest BCUT2D eigenvalue weighted by atomic mass is 16.2. The number of likely N-dealkylation sites (N-methyl/N-ethyl adjacent to an activating group) is 1. The van der Waals surface area contributed by atoms with Crippen LogP contribution in [0.3, 0.4) is 0 Å². The SMILES string of the molecule is CC(C)[C@H](C(=O)N(C)C[C@@H]1CCCN2CCCC[C@H]12)n1cccc1. The highest BCUT2D eigenvalue weighted by Gasteiger charge is 2.35. The van der Waals surface area contributed by atoms with Crippen LogP contribution in [0.5, 0.6) is 0 Å². The molecule has 2 aliphatic heterocycles. The first-order chi connectivity index (χ1) is 11.6. The summed E-state index contributed by atoms with van der Waals surface area (Å²) in [5.74, 6) is 1.20. The van der Waals surface area contributed by atoms with Crippen LogP contribution in [0, 0.1) is 11.8 Å². The molecule has 2 saturated heterocycles. The molecule has 3 heterocycles. The highest BCUT2D eigenvalue weighted by molar-refractivity contribution is 5.80. The zero-order valence-electron chi connectivity index (χ0n) is 15.5. The van der Waals surface area contributed by atoms with E-state index in [4.69, 9.17) is 0 Å². The van der Waals surface area contributed by atoms with Crippen LogP contribution in [0.4, 0.5) is 0 Å². The summed E-state index contributed by atoms with van der Waals surface area (Å²) in [5, 5.41) is 0. The van der Waals surface area contributed by atoms with Gasteiger partial charge in [-0.25, -0.2) is 0 Å². The monoisotopic (exact) mass is 331 g/mol. The Morgan fingerprint density at radius 1 is 1.12 bits per heavy atom. The van der Waals surface area contributed by atoms with Crippen LogP contribution in [0.2, 0.25) is 0 Å². The van der Waals surface area contributed by atoms with Crippen molar-refractivity contribution in [1.29, 1.82) is 0 Å². The van der Waals surface area contributed by atoms with E-state index in [2.05, 4.69) is 23.3 Å². The Kier molecular flexibility index (Phi) is 5.65. The summed E-state index contributed by atoms with van der Waals surface area (Å²) in [7, 11) is 2.00. The molecule has 134 valence electrons. The van der Waals surface area contributed by atoms with Crippen molar-refractivity contribution in [2.45, 2.75) is 58.0 Å². The first-order valence-electron chi connectivity index (χ1n) is 9.69. The van der Waals surface area contributed by atoms with Crippen LogP contribution in [-0.2, 0) is 4.79 Å². The largest absolute Gasteiger partial charge is 0.344 e. The molecule has 0 saturated carbocycles. The van der Waals surface area contributed by atoms with E-state index in [-0.39, 0.29) is 11.9 Å². The van der Waals surface area contributed by atoms with Crippen LogP contribution in [-0.4, -0.2) is 53.0 Å². The number of rotatable bonds is 5. The Morgan fingerprint density at radius 3 is 2.54 bits per heavy atom. The molecule has 4 heteroatoms. The molecule has 0 unspecified atom stereocenters. The average molecular weight is 332 g/mol. The molecule has 3 rings (SSSR count). The lowest BCUT2D eigenvalue weighted by molar-refractivity contribution is -0.136. The minimum Gasteiger partial charge on any atom is -0.344 e. The van der Waals surface area contributed by atoms with Crippen LogP contribution in [0.25, 0.3) is 0 Å². The van der Waals surface area contributed by atoms with Gasteiger partial charge in [0.2, 0.25) is 5.91 Å². The quantitative estimate of drug-likeness (QED) is 0.827. The molecule has 2 fully saturated rings. The second kappa shape index (κ2) is 7.73. The first kappa shape index (κ1) is 17.5. The van der Waals surface area contributed by atoms with Gasteiger partial charge in [0.25, 0.3) is 0 Å². The Balaban J connectivity index is 1.66. The van der Waals surface area contributed by atoms with Gasteiger partial charge in [-0.15, -0.1) is 0 Å². The fraction of sp³-hybridized carbons (Fsp3) is 0.750. The molecule has 0 spiro atoms. The van der Waals surface area contributed by atoms with Gasteiger partial charge in [0.05, 0.1) is 0 Å². The van der Waals surface area contributed by atoms with Gasteiger partial charge >= 0.3 is 0 Å². The number of aromatic nitrogens is 1. The fourth-order valence-electron chi connectivity index (χ4n) is 4.75. The highest BCUT2D eigenvalue weighted by Crippen LogP contribution is 2.32. The van der Waals surface area contributed by atoms with Gasteiger partial charge in [-0.1, -0.05) is 20.3 Å². The molecule has 1 aromatic heterocycles. The lowest BCUT2D eigenvalue weighted by atomic mass is 9.83. The second-order valence-electron chi connectivity index (χ2n) is 8.04. The first-order valence-corrected chi connectivity index (χ1v) is 9.69. The lowest BCUT2D eigenvalue weighted by Gasteiger charge is -2.45. The minimum absolute atomic E-state index is 0.0870. The third-order valence-electron chi connectivity index (χ3n) is 5.95. The maximum atomic E-state index is 13.1. The molecule has 3 atom stereocenters. The molecule has 0 N–H and O–H groups in total. The molecule has 24 heavy (non-hydrogen) atoms. The van der Waals surface area contributed by atoms with Crippen LogP contribution < -0.4 is 0 Å². The van der Waals surface area contributed by atoms with Crippen molar-refractivity contribution in [1.82, 2.24) is 14.4 Å². The molecule has 0 aliphatic carbocycles. The maximum absolute atomic E-state index is 13.1. The van der Waals surface area contributed by atoms with Crippen LogP contribution >= 0.6 is 0 Å². The summed E-state index contributed by atoms with van der Waals surface area (Å²) in [5.41, 5.74) is 0. The maximum Gasteiger partial charge on any atom is 0.245 e. The molecule has 0 aromatic carbocycles. The number of fused-ring (bicyclic) bond motifs is 1. The number of hydrogen-bond donors (Lipinski definition) is 0. The molecule has 1 aromatic rings. The van der Waals surface area contributed by atoms with Crippen molar-refractivity contribution < 1.29 is 4.79 Å². The van der Waals surface area contributed by atoms with E-state index in [1.807, 2.05) is 36.5 Å². The van der Waals surface area contributed by atoms with Crippen molar-refractivity contribution in [2.75, 3.05) is 26.7 Å². The lowest BCUT2D eigenvalue weighted by Crippen LogP contribution is -2.51. The van der Waals surface area contributed by atoms with Crippen molar-refractivity contribution in [3.8, 4) is 0 Å². The van der Waals surface area contributed by atoms with E-state index in [1.54, 1.807) is 0 Å². The molecular formula is C20H33N3O. The minimum atomic E-state index is -0.0870. The molecule has 0 radical (unpaired) electrons. The zero-order chi connectivity index (χ0) is 17.1. The van der Waals surface area contributed by atoms with Gasteiger partial charge in [0.1, 0.15) is 6.04 Å². The predicted molar refractivity (Wildman–Crippen MR) is 97.9 cm³/mol. The standard InChI is InChI=1S/C20H33N3O/c1-16(2)19(23-12-6-7-13-23)20(24)21(3)15-17-9-8-14-22-11-5-4-10-18(17)22/h6-7,12-13,16-19H,4-5,8-11,14-15H2,1-3H3/t17-,18+,19+/m0/s1. The smallest absolute Gasteiger partial charge is 0.245 e. The van der Waals surface area contributed by atoms with Crippen molar-refractivity contribution in [3.05, 3.63) is 24.5 Å². The normalized spacial score (nSPS) is 26.2. The van der Waals surface area contributed by atoms with E-state index in [1.165, 1.54) is 45.2 Å². The Labute approximate surface area is 146 Å². The Hall–Kier alpha value is -1.29. The molecule has 1 amide bonds. The number of hydrogen-bond acceptors (Lipinski definition) is 2. The van der Waals surface area contributed by atoms with E-state index >= 15 is 0 Å². The van der Waals surface area contributed by atoms with Crippen molar-refractivity contribution in [3.63, 3.8) is 0 Å². The summed E-state index contributed by atoms with van der Waals surface area (Å²) in [6, 6.07) is 4.62. The third kappa shape index (κ3) is 3.69. The molecule has 2 aliphatic rings. The fourth-order valence-corrected chi connectivity index (χ4v) is 4.75. The van der Waals surface area contributed by atoms with Gasteiger partial charge in [0, 0.05) is 32.0 Å². The molecule has 0 bridgehead atoms. The number of piperidine rings is 2. The molecular weight excluding hydrogens is 298 g/mol. The number of carbonyl (C=O) groups is 1. The Bertz CT molecular complexity index is 523. The van der Waals surface area contributed by atoms with Crippen LogP contribution in [0.1, 0.15) is 52.0 Å². The van der Waals surface area contributed by atoms with E-state index in [0.717, 1.165) is 6.54 Å². The van der Waals surface area contributed by atoms with Gasteiger partial charge in [-0.2, -0.15) is 0 Å². The van der Waals surface area contributed by atoms with Gasteiger partial charge in [0.15, 0.2) is 0 Å². The van der Waals surface area contributed by atoms with Crippen LogP contribution in [0.15, 0.2) is 24.5 Å². The number of nitrogens with zero attached hydrogens (tertiary/aromatic N) is 3. The van der Waals surface area contributed by atoms with Gasteiger partial charge in [-0.05, 0) is 62.7 Å². The number of carbonyl (C=O) groups excluding carboxylic acids is 1. The van der Waals surface area contributed by atoms with E-state index < -0.39 is 0 Å².